The number of nitrogens with one attached hydrogen (secondary N) is 1. The van der Waals surface area contributed by atoms with E-state index in [9.17, 15) is 4.79 Å². The first kappa shape index (κ1) is 14.3. The van der Waals surface area contributed by atoms with Crippen LogP contribution in [0.1, 0.15) is 24.0 Å². The van der Waals surface area contributed by atoms with Gasteiger partial charge in [0.15, 0.2) is 0 Å². The fourth-order valence-corrected chi connectivity index (χ4v) is 2.18. The van der Waals surface area contributed by atoms with Crippen molar-refractivity contribution in [1.29, 1.82) is 5.26 Å². The highest BCUT2D eigenvalue weighted by molar-refractivity contribution is 6.01. The van der Waals surface area contributed by atoms with E-state index >= 15 is 0 Å². The fraction of sp³-hybridized carbons (Fsp3) is 0.375. The Morgan fingerprint density at radius 1 is 1.60 bits per heavy atom. The SMILES string of the molecule is Cc1cccc(C=C(C#N)C(=O)NCC2CCCO2)c1. The molecule has 0 saturated carbocycles. The van der Waals surface area contributed by atoms with Crippen LogP contribution < -0.4 is 5.32 Å². The van der Waals surface area contributed by atoms with Gasteiger partial charge in [-0.15, -0.1) is 0 Å². The van der Waals surface area contributed by atoms with Crippen molar-refractivity contribution in [3.05, 3.63) is 41.0 Å². The number of nitriles is 1. The lowest BCUT2D eigenvalue weighted by atomic mass is 10.1. The Morgan fingerprint density at radius 2 is 2.45 bits per heavy atom. The van der Waals surface area contributed by atoms with Gasteiger partial charge in [0.2, 0.25) is 0 Å². The Morgan fingerprint density at radius 3 is 3.10 bits per heavy atom. The highest BCUT2D eigenvalue weighted by atomic mass is 16.5. The van der Waals surface area contributed by atoms with Crippen LogP contribution in [0.15, 0.2) is 29.8 Å². The first-order valence-electron chi connectivity index (χ1n) is 6.77. The number of aryl methyl sites for hydroxylation is 1. The molecule has 1 heterocycles. The summed E-state index contributed by atoms with van der Waals surface area (Å²) in [5.41, 5.74) is 2.07. The van der Waals surface area contributed by atoms with Gasteiger partial charge in [0, 0.05) is 13.2 Å². The van der Waals surface area contributed by atoms with E-state index in [1.807, 2.05) is 37.3 Å². The maximum Gasteiger partial charge on any atom is 0.262 e. The van der Waals surface area contributed by atoms with Gasteiger partial charge in [0.1, 0.15) is 11.6 Å². The molecule has 1 aromatic rings. The molecule has 2 rings (SSSR count). The summed E-state index contributed by atoms with van der Waals surface area (Å²) in [6, 6.07) is 9.64. The van der Waals surface area contributed by atoms with Crippen LogP contribution in [0.4, 0.5) is 0 Å². The number of hydrogen-bond donors (Lipinski definition) is 1. The van der Waals surface area contributed by atoms with Crippen LogP contribution in [0.5, 0.6) is 0 Å². The predicted molar refractivity (Wildman–Crippen MR) is 76.8 cm³/mol. The molecule has 1 N–H and O–H groups in total. The van der Waals surface area contributed by atoms with Crippen molar-refractivity contribution in [2.45, 2.75) is 25.9 Å². The van der Waals surface area contributed by atoms with Crippen molar-refractivity contribution >= 4 is 12.0 Å². The number of benzene rings is 1. The van der Waals surface area contributed by atoms with E-state index in [0.717, 1.165) is 30.6 Å². The van der Waals surface area contributed by atoms with Gasteiger partial charge in [-0.1, -0.05) is 29.8 Å². The highest BCUT2D eigenvalue weighted by Crippen LogP contribution is 2.12. The number of hydrogen-bond acceptors (Lipinski definition) is 3. The average Bonchev–Trinajstić information content (AvgIpc) is 2.95. The number of rotatable bonds is 4. The number of carbonyl (C=O) groups excluding carboxylic acids is 1. The lowest BCUT2D eigenvalue weighted by Gasteiger charge is -2.10. The van der Waals surface area contributed by atoms with E-state index in [4.69, 9.17) is 10.00 Å². The number of amides is 1. The largest absolute Gasteiger partial charge is 0.376 e. The summed E-state index contributed by atoms with van der Waals surface area (Å²) in [5, 5.41) is 11.9. The van der Waals surface area contributed by atoms with Gasteiger partial charge in [-0.05, 0) is 31.4 Å². The van der Waals surface area contributed by atoms with Crippen molar-refractivity contribution < 1.29 is 9.53 Å². The van der Waals surface area contributed by atoms with Crippen molar-refractivity contribution in [3.63, 3.8) is 0 Å². The zero-order valence-corrected chi connectivity index (χ0v) is 11.6. The molecule has 20 heavy (non-hydrogen) atoms. The molecule has 4 heteroatoms. The highest BCUT2D eigenvalue weighted by Gasteiger charge is 2.17. The molecule has 1 atom stereocenters. The normalized spacial score (nSPS) is 18.6. The molecular formula is C16H18N2O2. The first-order valence-corrected chi connectivity index (χ1v) is 6.77. The van der Waals surface area contributed by atoms with E-state index in [2.05, 4.69) is 5.32 Å². The molecule has 1 aromatic carbocycles. The lowest BCUT2D eigenvalue weighted by molar-refractivity contribution is -0.117. The van der Waals surface area contributed by atoms with E-state index in [1.54, 1.807) is 6.08 Å². The molecule has 0 radical (unpaired) electrons. The Kier molecular flexibility index (Phi) is 4.91. The first-order chi connectivity index (χ1) is 9.69. The van der Waals surface area contributed by atoms with Gasteiger partial charge < -0.3 is 10.1 Å². The van der Waals surface area contributed by atoms with Gasteiger partial charge in [-0.2, -0.15) is 5.26 Å². The minimum atomic E-state index is -0.343. The molecule has 104 valence electrons. The Labute approximate surface area is 119 Å². The molecule has 1 unspecified atom stereocenters. The third-order valence-electron chi connectivity index (χ3n) is 3.23. The monoisotopic (exact) mass is 270 g/mol. The third-order valence-corrected chi connectivity index (χ3v) is 3.23. The Hall–Kier alpha value is -2.12. The summed E-state index contributed by atoms with van der Waals surface area (Å²) in [5.74, 6) is -0.343. The number of ether oxygens (including phenoxy) is 1. The predicted octanol–water partition coefficient (Wildman–Crippen LogP) is 2.20. The summed E-state index contributed by atoms with van der Waals surface area (Å²) in [4.78, 5) is 12.0. The van der Waals surface area contributed by atoms with E-state index in [0.29, 0.717) is 6.54 Å². The van der Waals surface area contributed by atoms with Gasteiger partial charge >= 0.3 is 0 Å². The topological polar surface area (TPSA) is 62.1 Å². The maximum atomic E-state index is 12.0. The van der Waals surface area contributed by atoms with Crippen LogP contribution in [0.2, 0.25) is 0 Å². The Bertz CT molecular complexity index is 552. The van der Waals surface area contributed by atoms with Crippen molar-refractivity contribution in [2.24, 2.45) is 0 Å². The quantitative estimate of drug-likeness (QED) is 0.674. The van der Waals surface area contributed by atoms with Crippen LogP contribution in [-0.2, 0) is 9.53 Å². The second-order valence-electron chi connectivity index (χ2n) is 4.93. The molecule has 0 bridgehead atoms. The number of nitrogens with zero attached hydrogens (tertiary/aromatic N) is 1. The minimum Gasteiger partial charge on any atom is -0.376 e. The lowest BCUT2D eigenvalue weighted by Crippen LogP contribution is -2.32. The van der Waals surface area contributed by atoms with Crippen LogP contribution in [0.25, 0.3) is 6.08 Å². The third kappa shape index (κ3) is 3.94. The van der Waals surface area contributed by atoms with Gasteiger partial charge in [0.05, 0.1) is 6.10 Å². The standard InChI is InChI=1S/C16H18N2O2/c1-12-4-2-5-13(8-12)9-14(10-17)16(19)18-11-15-6-3-7-20-15/h2,4-5,8-9,15H,3,6-7,11H2,1H3,(H,18,19). The smallest absolute Gasteiger partial charge is 0.262 e. The van der Waals surface area contributed by atoms with Crippen LogP contribution in [0, 0.1) is 18.3 Å². The fourth-order valence-electron chi connectivity index (χ4n) is 2.18. The molecule has 0 aromatic heterocycles. The van der Waals surface area contributed by atoms with Gasteiger partial charge in [-0.3, -0.25) is 4.79 Å². The van der Waals surface area contributed by atoms with E-state index in [-0.39, 0.29) is 17.6 Å². The second-order valence-corrected chi connectivity index (χ2v) is 4.93. The summed E-state index contributed by atoms with van der Waals surface area (Å²) in [6.07, 6.45) is 3.68. The van der Waals surface area contributed by atoms with Crippen LogP contribution >= 0.6 is 0 Å². The van der Waals surface area contributed by atoms with Crippen molar-refractivity contribution in [2.75, 3.05) is 13.2 Å². The molecule has 1 aliphatic rings. The zero-order valence-electron chi connectivity index (χ0n) is 11.6. The molecule has 1 amide bonds. The zero-order chi connectivity index (χ0) is 14.4. The molecule has 0 spiro atoms. The maximum absolute atomic E-state index is 12.0. The number of carbonyl (C=O) groups is 1. The molecular weight excluding hydrogens is 252 g/mol. The summed E-state index contributed by atoms with van der Waals surface area (Å²) in [7, 11) is 0. The molecule has 4 nitrogen and oxygen atoms in total. The summed E-state index contributed by atoms with van der Waals surface area (Å²) < 4.78 is 5.43. The summed E-state index contributed by atoms with van der Waals surface area (Å²) in [6.45, 7) is 3.19. The molecule has 1 saturated heterocycles. The minimum absolute atomic E-state index is 0.0814. The second kappa shape index (κ2) is 6.88. The van der Waals surface area contributed by atoms with Crippen LogP contribution in [0.3, 0.4) is 0 Å². The average molecular weight is 270 g/mol. The van der Waals surface area contributed by atoms with Crippen molar-refractivity contribution in [1.82, 2.24) is 5.32 Å². The van der Waals surface area contributed by atoms with E-state index in [1.165, 1.54) is 0 Å². The molecule has 0 aliphatic carbocycles. The Balaban J connectivity index is 1.99. The summed E-state index contributed by atoms with van der Waals surface area (Å²) >= 11 is 0. The van der Waals surface area contributed by atoms with Gasteiger partial charge in [0.25, 0.3) is 5.91 Å². The van der Waals surface area contributed by atoms with Crippen molar-refractivity contribution in [3.8, 4) is 6.07 Å². The van der Waals surface area contributed by atoms with E-state index < -0.39 is 0 Å². The van der Waals surface area contributed by atoms with Gasteiger partial charge in [-0.25, -0.2) is 0 Å². The molecule has 1 fully saturated rings. The van der Waals surface area contributed by atoms with Crippen LogP contribution in [-0.4, -0.2) is 25.2 Å². The molecule has 1 aliphatic heterocycles.